The Kier molecular flexibility index (Phi) is 40.6. The van der Waals surface area contributed by atoms with Crippen molar-refractivity contribution in [3.05, 3.63) is 72.9 Å². The summed E-state index contributed by atoms with van der Waals surface area (Å²) < 4.78 is 5.98. The Labute approximate surface area is 322 Å². The minimum Gasteiger partial charge on any atom is -0.481 e. The average molecular weight is 723 g/mol. The minimum atomic E-state index is -0.717. The molecule has 0 aromatic rings. The molecule has 0 aliphatic carbocycles. The molecular weight excluding hydrogens is 641 g/mol. The molecule has 0 fully saturated rings. The van der Waals surface area contributed by atoms with Crippen LogP contribution in [-0.2, 0) is 14.3 Å². The van der Waals surface area contributed by atoms with Crippen LogP contribution < -0.4 is 0 Å². The van der Waals surface area contributed by atoms with Crippen LogP contribution in [0.1, 0.15) is 213 Å². The van der Waals surface area contributed by atoms with Gasteiger partial charge in [-0.2, -0.15) is 0 Å². The van der Waals surface area contributed by atoms with Gasteiger partial charge in [-0.15, -0.1) is 0 Å². The Morgan fingerprint density at radius 2 is 0.808 bits per heavy atom. The maximum Gasteiger partial charge on any atom is 0.306 e. The molecule has 0 spiro atoms. The van der Waals surface area contributed by atoms with E-state index in [1.54, 1.807) is 0 Å². The first-order valence-electron chi connectivity index (χ1n) is 21.9. The van der Waals surface area contributed by atoms with Crippen molar-refractivity contribution < 1.29 is 19.4 Å². The Bertz CT molecular complexity index is 953. The zero-order chi connectivity index (χ0) is 37.8. The van der Waals surface area contributed by atoms with Gasteiger partial charge in [-0.25, -0.2) is 0 Å². The number of rotatable bonds is 39. The van der Waals surface area contributed by atoms with E-state index in [1.165, 1.54) is 83.5 Å². The van der Waals surface area contributed by atoms with E-state index in [2.05, 4.69) is 86.8 Å². The van der Waals surface area contributed by atoms with E-state index >= 15 is 0 Å². The number of carboxylic acid groups (broad SMARTS) is 1. The number of carbonyl (C=O) groups excluding carboxylic acids is 1. The maximum absolute atomic E-state index is 12.7. The number of carbonyl (C=O) groups is 2. The summed E-state index contributed by atoms with van der Waals surface area (Å²) >= 11 is 0. The zero-order valence-corrected chi connectivity index (χ0v) is 34.1. The van der Waals surface area contributed by atoms with Crippen LogP contribution in [0.3, 0.4) is 0 Å². The summed E-state index contributed by atoms with van der Waals surface area (Å²) in [5.41, 5.74) is 0. The molecule has 4 nitrogen and oxygen atoms in total. The number of esters is 1. The fourth-order valence-electron chi connectivity index (χ4n) is 6.25. The molecule has 0 rings (SSSR count). The SMILES string of the molecule is CC/C=C\C/C=C\C/C=C\C/C=C\C/C=C\C/C=C\CCCCC(=O)OC(CCCCCCCCCCCCCCCC)CCCCCCC(=O)O. The number of aliphatic carboxylic acids is 1. The molecule has 0 aliphatic rings. The standard InChI is InChI=1S/C48H82O4/c1-3-5-7-9-11-13-15-17-19-20-21-22-23-24-25-27-29-31-33-35-41-45-48(51)52-46(43-39-36-37-40-44-47(49)50)42-38-34-32-30-28-26-18-16-14-12-10-8-6-4-2/h5,7,11,13,17,19,21-22,24-25,29,31,46H,3-4,6,8-10,12,14-16,18,20,23,26-28,30,32-45H2,1-2H3,(H,49,50)/b7-5-,13-11-,19-17-,22-21-,25-24-,31-29-. The summed E-state index contributed by atoms with van der Waals surface area (Å²) in [6.07, 6.45) is 60.7. The van der Waals surface area contributed by atoms with E-state index in [0.29, 0.717) is 6.42 Å². The predicted molar refractivity (Wildman–Crippen MR) is 227 cm³/mol. The number of ether oxygens (including phenoxy) is 1. The molecule has 0 aromatic carbocycles. The molecule has 298 valence electrons. The third kappa shape index (κ3) is 41.8. The van der Waals surface area contributed by atoms with Crippen LogP contribution in [0, 0.1) is 0 Å². The smallest absolute Gasteiger partial charge is 0.306 e. The molecule has 0 saturated carbocycles. The summed E-state index contributed by atoms with van der Waals surface area (Å²) in [6, 6.07) is 0. The summed E-state index contributed by atoms with van der Waals surface area (Å²) in [7, 11) is 0. The van der Waals surface area contributed by atoms with Gasteiger partial charge in [-0.3, -0.25) is 9.59 Å². The summed E-state index contributed by atoms with van der Waals surface area (Å²) in [5.74, 6) is -0.769. The van der Waals surface area contributed by atoms with Crippen LogP contribution in [0.15, 0.2) is 72.9 Å². The van der Waals surface area contributed by atoms with Crippen LogP contribution >= 0.6 is 0 Å². The Hall–Kier alpha value is -2.62. The lowest BCUT2D eigenvalue weighted by Crippen LogP contribution is -2.18. The van der Waals surface area contributed by atoms with Gasteiger partial charge in [0.1, 0.15) is 6.10 Å². The quantitative estimate of drug-likeness (QED) is 0.0390. The van der Waals surface area contributed by atoms with Crippen molar-refractivity contribution in [1.29, 1.82) is 0 Å². The minimum absolute atomic E-state index is 0.00710. The van der Waals surface area contributed by atoms with Crippen molar-refractivity contribution in [3.8, 4) is 0 Å². The lowest BCUT2D eigenvalue weighted by Gasteiger charge is -2.18. The number of carboxylic acids is 1. The van der Waals surface area contributed by atoms with Gasteiger partial charge in [-0.1, -0.05) is 183 Å². The number of allylic oxidation sites excluding steroid dienone is 12. The summed E-state index contributed by atoms with van der Waals surface area (Å²) in [5, 5.41) is 8.88. The van der Waals surface area contributed by atoms with Crippen molar-refractivity contribution in [1.82, 2.24) is 0 Å². The second-order valence-electron chi connectivity index (χ2n) is 14.5. The number of unbranched alkanes of at least 4 members (excludes halogenated alkanes) is 18. The first kappa shape index (κ1) is 49.4. The number of hydrogen-bond donors (Lipinski definition) is 1. The Morgan fingerprint density at radius 3 is 1.23 bits per heavy atom. The molecular formula is C48H82O4. The predicted octanol–water partition coefficient (Wildman–Crippen LogP) is 15.5. The van der Waals surface area contributed by atoms with Gasteiger partial charge in [0.15, 0.2) is 0 Å². The highest BCUT2D eigenvalue weighted by molar-refractivity contribution is 5.69. The van der Waals surface area contributed by atoms with Crippen molar-refractivity contribution in [2.24, 2.45) is 0 Å². The zero-order valence-electron chi connectivity index (χ0n) is 34.1. The van der Waals surface area contributed by atoms with E-state index in [9.17, 15) is 9.59 Å². The van der Waals surface area contributed by atoms with E-state index < -0.39 is 5.97 Å². The second-order valence-corrected chi connectivity index (χ2v) is 14.5. The fraction of sp³-hybridized carbons (Fsp3) is 0.708. The van der Waals surface area contributed by atoms with E-state index in [4.69, 9.17) is 9.84 Å². The lowest BCUT2D eigenvalue weighted by molar-refractivity contribution is -0.150. The second kappa shape index (κ2) is 42.8. The van der Waals surface area contributed by atoms with Gasteiger partial charge in [0.05, 0.1) is 0 Å². The fourth-order valence-corrected chi connectivity index (χ4v) is 6.25. The summed E-state index contributed by atoms with van der Waals surface area (Å²) in [6.45, 7) is 4.44. The van der Waals surface area contributed by atoms with Gasteiger partial charge in [0.25, 0.3) is 0 Å². The lowest BCUT2D eigenvalue weighted by atomic mass is 10.0. The normalized spacial score (nSPS) is 13.0. The molecule has 0 aromatic heterocycles. The van der Waals surface area contributed by atoms with Crippen LogP contribution in [-0.4, -0.2) is 23.1 Å². The van der Waals surface area contributed by atoms with E-state index in [1.807, 2.05) is 0 Å². The third-order valence-electron chi connectivity index (χ3n) is 9.44. The third-order valence-corrected chi connectivity index (χ3v) is 9.44. The molecule has 1 unspecified atom stereocenters. The molecule has 1 N–H and O–H groups in total. The van der Waals surface area contributed by atoms with Crippen molar-refractivity contribution >= 4 is 11.9 Å². The molecule has 4 heteroatoms. The highest BCUT2D eigenvalue weighted by Crippen LogP contribution is 2.19. The number of hydrogen-bond acceptors (Lipinski definition) is 3. The molecule has 0 saturated heterocycles. The molecule has 0 bridgehead atoms. The van der Waals surface area contributed by atoms with Crippen LogP contribution in [0.5, 0.6) is 0 Å². The molecule has 0 heterocycles. The monoisotopic (exact) mass is 723 g/mol. The molecule has 52 heavy (non-hydrogen) atoms. The van der Waals surface area contributed by atoms with Gasteiger partial charge in [0.2, 0.25) is 0 Å². The first-order chi connectivity index (χ1) is 25.6. The summed E-state index contributed by atoms with van der Waals surface area (Å²) in [4.78, 5) is 23.5. The van der Waals surface area contributed by atoms with Crippen LogP contribution in [0.25, 0.3) is 0 Å². The first-order valence-corrected chi connectivity index (χ1v) is 21.9. The van der Waals surface area contributed by atoms with Crippen LogP contribution in [0.2, 0.25) is 0 Å². The largest absolute Gasteiger partial charge is 0.481 e. The van der Waals surface area contributed by atoms with Crippen molar-refractivity contribution in [2.45, 2.75) is 219 Å². The van der Waals surface area contributed by atoms with Gasteiger partial charge < -0.3 is 9.84 Å². The Balaban J connectivity index is 4.08. The van der Waals surface area contributed by atoms with Gasteiger partial charge >= 0.3 is 11.9 Å². The van der Waals surface area contributed by atoms with E-state index in [-0.39, 0.29) is 18.5 Å². The molecule has 0 aliphatic heterocycles. The molecule has 0 radical (unpaired) electrons. The van der Waals surface area contributed by atoms with E-state index in [0.717, 1.165) is 103 Å². The Morgan fingerprint density at radius 1 is 0.442 bits per heavy atom. The highest BCUT2D eigenvalue weighted by Gasteiger charge is 2.14. The maximum atomic E-state index is 12.7. The van der Waals surface area contributed by atoms with Crippen molar-refractivity contribution in [3.63, 3.8) is 0 Å². The van der Waals surface area contributed by atoms with Gasteiger partial charge in [0, 0.05) is 12.8 Å². The van der Waals surface area contributed by atoms with Crippen molar-refractivity contribution in [2.75, 3.05) is 0 Å². The molecule has 1 atom stereocenters. The van der Waals surface area contributed by atoms with Crippen LogP contribution in [0.4, 0.5) is 0 Å². The highest BCUT2D eigenvalue weighted by atomic mass is 16.5. The molecule has 0 amide bonds. The van der Waals surface area contributed by atoms with Gasteiger partial charge in [-0.05, 0) is 89.9 Å². The average Bonchev–Trinajstić information content (AvgIpc) is 3.13. The topological polar surface area (TPSA) is 63.6 Å².